The number of guanidine groups is 1. The van der Waals surface area contributed by atoms with Gasteiger partial charge in [0.25, 0.3) is 0 Å². The molecule has 0 saturated carbocycles. The van der Waals surface area contributed by atoms with Crippen LogP contribution in [0.2, 0.25) is 0 Å². The number of rotatable bonds is 11. The van der Waals surface area contributed by atoms with Gasteiger partial charge in [-0.2, -0.15) is 0 Å². The molecule has 2 N–H and O–H groups in total. The van der Waals surface area contributed by atoms with Crippen molar-refractivity contribution in [2.45, 2.75) is 27.3 Å². The van der Waals surface area contributed by atoms with Crippen LogP contribution in [0.3, 0.4) is 0 Å². The predicted octanol–water partition coefficient (Wildman–Crippen LogP) is 2.11. The van der Waals surface area contributed by atoms with Crippen LogP contribution in [-0.4, -0.2) is 52.6 Å². The Morgan fingerprint density at radius 3 is 2.67 bits per heavy atom. The molecule has 0 heterocycles. The standard InChI is InChI=1S/C18H31N3O3/c1-5-19-18(20-9-10-23-6-2)21-14-16-8-7-15(3)13-17(16)24-12-11-22-4/h7-8,13H,5-6,9-12,14H2,1-4H3,(H2,19,20,21). The van der Waals surface area contributed by atoms with E-state index in [1.54, 1.807) is 7.11 Å². The van der Waals surface area contributed by atoms with Crippen molar-refractivity contribution in [2.75, 3.05) is 46.6 Å². The molecule has 6 heteroatoms. The largest absolute Gasteiger partial charge is 0.491 e. The third kappa shape index (κ3) is 8.17. The van der Waals surface area contributed by atoms with Crippen molar-refractivity contribution in [3.63, 3.8) is 0 Å². The number of aryl methyl sites for hydroxylation is 1. The molecule has 0 bridgehead atoms. The number of hydrogen-bond donors (Lipinski definition) is 2. The molecule has 0 radical (unpaired) electrons. The second-order valence-electron chi connectivity index (χ2n) is 5.27. The van der Waals surface area contributed by atoms with Gasteiger partial charge in [0.05, 0.1) is 19.8 Å². The molecule has 0 aliphatic rings. The molecule has 1 aromatic rings. The van der Waals surface area contributed by atoms with E-state index in [0.717, 1.165) is 42.5 Å². The predicted molar refractivity (Wildman–Crippen MR) is 97.9 cm³/mol. The number of aliphatic imine (C=N–C) groups is 1. The number of ether oxygens (including phenoxy) is 3. The molecule has 0 unspecified atom stereocenters. The smallest absolute Gasteiger partial charge is 0.191 e. The first-order valence-electron chi connectivity index (χ1n) is 8.52. The fourth-order valence-corrected chi connectivity index (χ4v) is 2.05. The van der Waals surface area contributed by atoms with Gasteiger partial charge in [0.2, 0.25) is 0 Å². The molecule has 6 nitrogen and oxygen atoms in total. The highest BCUT2D eigenvalue weighted by Crippen LogP contribution is 2.21. The highest BCUT2D eigenvalue weighted by atomic mass is 16.5. The Morgan fingerprint density at radius 1 is 1.12 bits per heavy atom. The summed E-state index contributed by atoms with van der Waals surface area (Å²) in [6, 6.07) is 6.17. The van der Waals surface area contributed by atoms with E-state index in [2.05, 4.69) is 34.7 Å². The van der Waals surface area contributed by atoms with E-state index in [1.807, 2.05) is 19.9 Å². The number of hydrogen-bond acceptors (Lipinski definition) is 4. The van der Waals surface area contributed by atoms with Crippen LogP contribution in [0.15, 0.2) is 23.2 Å². The molecule has 0 amide bonds. The van der Waals surface area contributed by atoms with E-state index in [0.29, 0.717) is 26.4 Å². The second-order valence-corrected chi connectivity index (χ2v) is 5.27. The molecular formula is C18H31N3O3. The molecule has 136 valence electrons. The van der Waals surface area contributed by atoms with Gasteiger partial charge in [-0.05, 0) is 32.4 Å². The molecule has 0 fully saturated rings. The summed E-state index contributed by atoms with van der Waals surface area (Å²) in [5, 5.41) is 6.50. The van der Waals surface area contributed by atoms with Crippen LogP contribution in [-0.2, 0) is 16.0 Å². The van der Waals surface area contributed by atoms with E-state index in [4.69, 9.17) is 14.2 Å². The number of benzene rings is 1. The highest BCUT2D eigenvalue weighted by Gasteiger charge is 2.05. The first-order valence-corrected chi connectivity index (χ1v) is 8.52. The van der Waals surface area contributed by atoms with Gasteiger partial charge in [0.1, 0.15) is 12.4 Å². The molecule has 0 saturated heterocycles. The Balaban J connectivity index is 2.69. The fraction of sp³-hybridized carbons (Fsp3) is 0.611. The lowest BCUT2D eigenvalue weighted by Crippen LogP contribution is -2.39. The van der Waals surface area contributed by atoms with E-state index in [-0.39, 0.29) is 0 Å². The number of nitrogens with one attached hydrogen (secondary N) is 2. The van der Waals surface area contributed by atoms with Crippen molar-refractivity contribution >= 4 is 5.96 Å². The summed E-state index contributed by atoms with van der Waals surface area (Å²) in [7, 11) is 1.67. The number of methoxy groups -OCH3 is 1. The SMILES string of the molecule is CCNC(=NCc1ccc(C)cc1OCCOC)NCCOCC. The van der Waals surface area contributed by atoms with Gasteiger partial charge in [-0.3, -0.25) is 0 Å². The quantitative estimate of drug-likeness (QED) is 0.368. The number of nitrogens with zero attached hydrogens (tertiary/aromatic N) is 1. The van der Waals surface area contributed by atoms with Crippen molar-refractivity contribution < 1.29 is 14.2 Å². The Morgan fingerprint density at radius 2 is 1.96 bits per heavy atom. The van der Waals surface area contributed by atoms with E-state index in [1.165, 1.54) is 0 Å². The molecule has 1 aromatic carbocycles. The third-order valence-electron chi connectivity index (χ3n) is 3.26. The van der Waals surface area contributed by atoms with Gasteiger partial charge in [0, 0.05) is 32.4 Å². The Bertz CT molecular complexity index is 492. The third-order valence-corrected chi connectivity index (χ3v) is 3.26. The zero-order valence-corrected chi connectivity index (χ0v) is 15.4. The summed E-state index contributed by atoms with van der Waals surface area (Å²) in [5.41, 5.74) is 2.22. The molecule has 0 aliphatic carbocycles. The molecule has 24 heavy (non-hydrogen) atoms. The second kappa shape index (κ2) is 12.6. The summed E-state index contributed by atoms with van der Waals surface area (Å²) in [4.78, 5) is 4.63. The topological polar surface area (TPSA) is 64.1 Å². The molecule has 1 rings (SSSR count). The maximum Gasteiger partial charge on any atom is 0.191 e. The zero-order valence-electron chi connectivity index (χ0n) is 15.4. The van der Waals surface area contributed by atoms with Crippen molar-refractivity contribution in [2.24, 2.45) is 4.99 Å². The van der Waals surface area contributed by atoms with E-state index < -0.39 is 0 Å². The Hall–Kier alpha value is -1.79. The average molecular weight is 337 g/mol. The minimum Gasteiger partial charge on any atom is -0.491 e. The van der Waals surface area contributed by atoms with Crippen LogP contribution >= 0.6 is 0 Å². The molecule has 0 aliphatic heterocycles. The van der Waals surface area contributed by atoms with Crippen molar-refractivity contribution in [3.05, 3.63) is 29.3 Å². The maximum absolute atomic E-state index is 5.81. The summed E-state index contributed by atoms with van der Waals surface area (Å²) < 4.78 is 16.2. The normalized spacial score (nSPS) is 11.4. The van der Waals surface area contributed by atoms with Crippen LogP contribution in [0.4, 0.5) is 0 Å². The Labute approximate surface area is 145 Å². The summed E-state index contributed by atoms with van der Waals surface area (Å²) in [6.45, 7) is 10.7. The van der Waals surface area contributed by atoms with Crippen molar-refractivity contribution in [3.8, 4) is 5.75 Å². The van der Waals surface area contributed by atoms with E-state index in [9.17, 15) is 0 Å². The Kier molecular flexibility index (Phi) is 10.6. The maximum atomic E-state index is 5.81. The highest BCUT2D eigenvalue weighted by molar-refractivity contribution is 5.79. The van der Waals surface area contributed by atoms with Crippen LogP contribution < -0.4 is 15.4 Å². The molecule has 0 aromatic heterocycles. The summed E-state index contributed by atoms with van der Waals surface area (Å²) in [5.74, 6) is 1.64. The zero-order chi connectivity index (χ0) is 17.6. The monoisotopic (exact) mass is 337 g/mol. The summed E-state index contributed by atoms with van der Waals surface area (Å²) >= 11 is 0. The lowest BCUT2D eigenvalue weighted by atomic mass is 10.1. The van der Waals surface area contributed by atoms with Gasteiger partial charge in [-0.15, -0.1) is 0 Å². The molecular weight excluding hydrogens is 306 g/mol. The lowest BCUT2D eigenvalue weighted by molar-refractivity contribution is 0.145. The van der Waals surface area contributed by atoms with E-state index >= 15 is 0 Å². The molecule has 0 atom stereocenters. The van der Waals surface area contributed by atoms with Gasteiger partial charge in [-0.1, -0.05) is 12.1 Å². The first kappa shape index (κ1) is 20.3. The van der Waals surface area contributed by atoms with Crippen LogP contribution in [0.25, 0.3) is 0 Å². The van der Waals surface area contributed by atoms with Gasteiger partial charge < -0.3 is 24.8 Å². The van der Waals surface area contributed by atoms with Crippen molar-refractivity contribution in [1.29, 1.82) is 0 Å². The van der Waals surface area contributed by atoms with Crippen LogP contribution in [0, 0.1) is 6.92 Å². The van der Waals surface area contributed by atoms with Gasteiger partial charge >= 0.3 is 0 Å². The van der Waals surface area contributed by atoms with Gasteiger partial charge in [-0.25, -0.2) is 4.99 Å². The fourth-order valence-electron chi connectivity index (χ4n) is 2.05. The lowest BCUT2D eigenvalue weighted by Gasteiger charge is -2.13. The van der Waals surface area contributed by atoms with Crippen molar-refractivity contribution in [1.82, 2.24) is 10.6 Å². The van der Waals surface area contributed by atoms with Crippen LogP contribution in [0.1, 0.15) is 25.0 Å². The first-order chi connectivity index (χ1) is 11.7. The minimum absolute atomic E-state index is 0.531. The average Bonchev–Trinajstić information content (AvgIpc) is 2.58. The summed E-state index contributed by atoms with van der Waals surface area (Å²) in [6.07, 6.45) is 0. The van der Waals surface area contributed by atoms with Crippen LogP contribution in [0.5, 0.6) is 5.75 Å². The van der Waals surface area contributed by atoms with Gasteiger partial charge in [0.15, 0.2) is 5.96 Å². The molecule has 0 spiro atoms. The minimum atomic E-state index is 0.531.